The Bertz CT molecular complexity index is 1090. The third-order valence-corrected chi connectivity index (χ3v) is 7.78. The van der Waals surface area contributed by atoms with Crippen molar-refractivity contribution in [1.29, 1.82) is 0 Å². The van der Waals surface area contributed by atoms with Crippen LogP contribution in [0.2, 0.25) is 0 Å². The monoisotopic (exact) mass is 461 g/mol. The Morgan fingerprint density at radius 1 is 1.18 bits per heavy atom. The molecule has 178 valence electrons. The van der Waals surface area contributed by atoms with Gasteiger partial charge in [0, 0.05) is 38.3 Å². The van der Waals surface area contributed by atoms with E-state index in [1.807, 2.05) is 37.4 Å². The number of nitrogens with one attached hydrogen (secondary N) is 2. The van der Waals surface area contributed by atoms with Gasteiger partial charge >= 0.3 is 0 Å². The molecule has 4 fully saturated rings. The number of amides is 2. The van der Waals surface area contributed by atoms with Gasteiger partial charge in [-0.15, -0.1) is 0 Å². The normalized spacial score (nSPS) is 27.6. The average molecular weight is 462 g/mol. The minimum atomic E-state index is -0.405. The fourth-order valence-corrected chi connectivity index (χ4v) is 5.63. The van der Waals surface area contributed by atoms with Crippen LogP contribution in [-0.4, -0.2) is 59.5 Å². The molecule has 3 aliphatic carbocycles. The van der Waals surface area contributed by atoms with E-state index in [4.69, 9.17) is 4.74 Å². The van der Waals surface area contributed by atoms with Crippen LogP contribution in [0.1, 0.15) is 48.7 Å². The quantitative estimate of drug-likeness (QED) is 0.688. The highest BCUT2D eigenvalue weighted by atomic mass is 16.5. The lowest BCUT2D eigenvalue weighted by molar-refractivity contribution is -0.123. The molecule has 1 saturated heterocycles. The molecule has 3 saturated carbocycles. The van der Waals surface area contributed by atoms with E-state index in [1.54, 1.807) is 0 Å². The maximum atomic E-state index is 12.5. The lowest BCUT2D eigenvalue weighted by Crippen LogP contribution is -2.68. The molecule has 1 atom stereocenters. The highest BCUT2D eigenvalue weighted by Crippen LogP contribution is 2.56. The van der Waals surface area contributed by atoms with Gasteiger partial charge in [0.25, 0.3) is 11.8 Å². The summed E-state index contributed by atoms with van der Waals surface area (Å²) in [5.74, 6) is 1.46. The van der Waals surface area contributed by atoms with E-state index in [-0.39, 0.29) is 17.4 Å². The Balaban J connectivity index is 1.02. The Hall–Kier alpha value is -3.13. The number of ether oxygens (including phenoxy) is 1. The fraction of sp³-hybridized carbons (Fsp3) is 0.500. The molecule has 34 heavy (non-hydrogen) atoms. The van der Waals surface area contributed by atoms with Crippen molar-refractivity contribution in [3.63, 3.8) is 0 Å². The molecule has 0 radical (unpaired) electrons. The van der Waals surface area contributed by atoms with E-state index >= 15 is 0 Å². The van der Waals surface area contributed by atoms with Crippen molar-refractivity contribution in [1.82, 2.24) is 15.2 Å². The van der Waals surface area contributed by atoms with E-state index in [9.17, 15) is 9.59 Å². The zero-order chi connectivity index (χ0) is 23.3. The summed E-state index contributed by atoms with van der Waals surface area (Å²) in [6, 6.07) is 9.91. The molecule has 0 unspecified atom stereocenters. The molecule has 1 aromatic heterocycles. The lowest BCUT2D eigenvalue weighted by Gasteiger charge is -2.61. The summed E-state index contributed by atoms with van der Waals surface area (Å²) in [6.45, 7) is 6.45. The largest absolute Gasteiger partial charge is 0.478 e. The number of hydrogen-bond acceptors (Lipinski definition) is 6. The summed E-state index contributed by atoms with van der Waals surface area (Å²) < 4.78 is 5.80. The summed E-state index contributed by atoms with van der Waals surface area (Å²) in [5.41, 5.74) is 3.55. The van der Waals surface area contributed by atoms with Crippen LogP contribution in [0, 0.1) is 5.92 Å². The van der Waals surface area contributed by atoms with Gasteiger partial charge in [0.1, 0.15) is 11.4 Å². The van der Waals surface area contributed by atoms with Crippen molar-refractivity contribution in [2.24, 2.45) is 5.92 Å². The number of fused-ring (bicyclic) bond motifs is 1. The standard InChI is InChI=1S/C26H31N5O3/c1-2-22-25(33)28-21-11-17(3-6-23(21)34-22)16-30-7-9-31(10-8-30)19-4-5-20(27-15-19)24(32)29-26-12-18(13-26)14-26/h3-6,11,15,18,22H,2,7-10,12-14,16H2,1H3,(H,28,33)(H,29,32)/t18?,22-,26?/m1/s1. The van der Waals surface area contributed by atoms with Gasteiger partial charge in [-0.05, 0) is 61.4 Å². The minimum absolute atomic E-state index is 0.0497. The zero-order valence-corrected chi connectivity index (χ0v) is 19.5. The first-order valence-electron chi connectivity index (χ1n) is 12.4. The van der Waals surface area contributed by atoms with Crippen molar-refractivity contribution in [2.45, 2.75) is 50.8 Å². The van der Waals surface area contributed by atoms with Crippen LogP contribution in [0.4, 0.5) is 11.4 Å². The second kappa shape index (κ2) is 8.27. The fourth-order valence-electron chi connectivity index (χ4n) is 5.63. The Labute approximate surface area is 199 Å². The summed E-state index contributed by atoms with van der Waals surface area (Å²) >= 11 is 0. The molecule has 3 heterocycles. The molecule has 2 bridgehead atoms. The molecular weight excluding hydrogens is 430 g/mol. The van der Waals surface area contributed by atoms with E-state index in [1.165, 1.54) is 0 Å². The summed E-state index contributed by atoms with van der Waals surface area (Å²) in [4.78, 5) is 33.8. The molecule has 2 aromatic rings. The van der Waals surface area contributed by atoms with Crippen LogP contribution in [0.15, 0.2) is 36.5 Å². The number of anilines is 2. The number of pyridine rings is 1. The highest BCUT2D eigenvalue weighted by molar-refractivity contribution is 5.97. The second-order valence-corrected chi connectivity index (χ2v) is 10.2. The Morgan fingerprint density at radius 2 is 1.97 bits per heavy atom. The van der Waals surface area contributed by atoms with Crippen LogP contribution >= 0.6 is 0 Å². The number of piperazine rings is 1. The Morgan fingerprint density at radius 3 is 2.62 bits per heavy atom. The first-order chi connectivity index (χ1) is 16.5. The van der Waals surface area contributed by atoms with Crippen molar-refractivity contribution in [3.05, 3.63) is 47.8 Å². The smallest absolute Gasteiger partial charge is 0.270 e. The van der Waals surface area contributed by atoms with Crippen molar-refractivity contribution in [3.8, 4) is 5.75 Å². The van der Waals surface area contributed by atoms with Crippen LogP contribution in [0.25, 0.3) is 0 Å². The molecule has 5 aliphatic rings. The second-order valence-electron chi connectivity index (χ2n) is 10.2. The number of aromatic nitrogens is 1. The predicted octanol–water partition coefficient (Wildman–Crippen LogP) is 2.80. The Kier molecular flexibility index (Phi) is 5.21. The third kappa shape index (κ3) is 3.90. The van der Waals surface area contributed by atoms with Gasteiger partial charge in [-0.25, -0.2) is 4.98 Å². The lowest BCUT2D eigenvalue weighted by atomic mass is 9.50. The average Bonchev–Trinajstić information content (AvgIpc) is 2.80. The molecule has 8 nitrogen and oxygen atoms in total. The van der Waals surface area contributed by atoms with E-state index < -0.39 is 6.10 Å². The first kappa shape index (κ1) is 21.4. The van der Waals surface area contributed by atoms with Crippen molar-refractivity contribution >= 4 is 23.2 Å². The van der Waals surface area contributed by atoms with Crippen LogP contribution in [-0.2, 0) is 11.3 Å². The molecule has 2 N–H and O–H groups in total. The van der Waals surface area contributed by atoms with E-state index in [0.29, 0.717) is 12.1 Å². The number of rotatable bonds is 6. The molecule has 2 amide bonds. The predicted molar refractivity (Wildman–Crippen MR) is 129 cm³/mol. The van der Waals surface area contributed by atoms with Crippen molar-refractivity contribution < 1.29 is 14.3 Å². The zero-order valence-electron chi connectivity index (χ0n) is 19.5. The SMILES string of the molecule is CC[C@H]1Oc2ccc(CN3CCN(c4ccc(C(=O)NC56CC(C5)C6)nc4)CC3)cc2NC1=O. The van der Waals surface area contributed by atoms with Gasteiger partial charge in [0.05, 0.1) is 17.6 Å². The summed E-state index contributed by atoms with van der Waals surface area (Å²) in [7, 11) is 0. The van der Waals surface area contributed by atoms with Gasteiger partial charge in [-0.1, -0.05) is 13.0 Å². The van der Waals surface area contributed by atoms with Crippen LogP contribution < -0.4 is 20.3 Å². The van der Waals surface area contributed by atoms with Crippen molar-refractivity contribution in [2.75, 3.05) is 36.4 Å². The first-order valence-corrected chi connectivity index (χ1v) is 12.4. The van der Waals surface area contributed by atoms with Gasteiger partial charge in [0.15, 0.2) is 6.10 Å². The van der Waals surface area contributed by atoms with Gasteiger partial charge in [-0.2, -0.15) is 0 Å². The van der Waals surface area contributed by atoms with Gasteiger partial charge in [-0.3, -0.25) is 14.5 Å². The van der Waals surface area contributed by atoms with Crippen LogP contribution in [0.5, 0.6) is 5.75 Å². The number of carbonyl (C=O) groups is 2. The topological polar surface area (TPSA) is 86.8 Å². The number of hydrogen-bond donors (Lipinski definition) is 2. The molecule has 0 spiro atoms. The molecule has 1 aromatic carbocycles. The van der Waals surface area contributed by atoms with E-state index in [0.717, 1.165) is 80.6 Å². The van der Waals surface area contributed by atoms with Crippen LogP contribution in [0.3, 0.4) is 0 Å². The maximum absolute atomic E-state index is 12.5. The molecule has 8 heteroatoms. The summed E-state index contributed by atoms with van der Waals surface area (Å²) in [6.07, 6.45) is 5.47. The molecular formula is C26H31N5O3. The number of nitrogens with zero attached hydrogens (tertiary/aromatic N) is 3. The maximum Gasteiger partial charge on any atom is 0.270 e. The highest BCUT2D eigenvalue weighted by Gasteiger charge is 2.57. The van der Waals surface area contributed by atoms with Gasteiger partial charge in [0.2, 0.25) is 0 Å². The molecule has 2 aliphatic heterocycles. The van der Waals surface area contributed by atoms with E-state index in [2.05, 4.69) is 31.5 Å². The minimum Gasteiger partial charge on any atom is -0.478 e. The van der Waals surface area contributed by atoms with Gasteiger partial charge < -0.3 is 20.3 Å². The molecule has 7 rings (SSSR count). The number of benzene rings is 1. The summed E-state index contributed by atoms with van der Waals surface area (Å²) in [5, 5.41) is 6.15. The number of carbonyl (C=O) groups excluding carboxylic acids is 2. The third-order valence-electron chi connectivity index (χ3n) is 7.78.